The van der Waals surface area contributed by atoms with Gasteiger partial charge < -0.3 is 14.3 Å². The summed E-state index contributed by atoms with van der Waals surface area (Å²) in [6.07, 6.45) is 1.39. The van der Waals surface area contributed by atoms with Crippen molar-refractivity contribution in [3.63, 3.8) is 0 Å². The number of aromatic nitrogens is 2. The van der Waals surface area contributed by atoms with E-state index < -0.39 is 0 Å². The third-order valence-corrected chi connectivity index (χ3v) is 4.35. The molecule has 1 fully saturated rings. The lowest BCUT2D eigenvalue weighted by molar-refractivity contribution is -0.138. The first-order chi connectivity index (χ1) is 12.1. The highest BCUT2D eigenvalue weighted by Gasteiger charge is 2.22. The van der Waals surface area contributed by atoms with Crippen molar-refractivity contribution in [3.8, 4) is 0 Å². The Morgan fingerprint density at radius 3 is 2.44 bits per heavy atom. The number of hydrogen-bond acceptors (Lipinski definition) is 5. The maximum absolute atomic E-state index is 12.3. The lowest BCUT2D eigenvalue weighted by atomic mass is 10.1. The van der Waals surface area contributed by atoms with Crippen molar-refractivity contribution in [1.29, 1.82) is 0 Å². The van der Waals surface area contributed by atoms with Crippen LogP contribution in [0, 0.1) is 0 Å². The van der Waals surface area contributed by atoms with Gasteiger partial charge >= 0.3 is 0 Å². The molecule has 2 amide bonds. The fourth-order valence-electron chi connectivity index (χ4n) is 2.88. The summed E-state index contributed by atoms with van der Waals surface area (Å²) >= 11 is 0. The van der Waals surface area contributed by atoms with E-state index in [0.29, 0.717) is 57.2 Å². The fourth-order valence-corrected chi connectivity index (χ4v) is 2.88. The van der Waals surface area contributed by atoms with Crippen LogP contribution in [0.3, 0.4) is 0 Å². The number of piperazine rings is 1. The van der Waals surface area contributed by atoms with Gasteiger partial charge in [-0.1, -0.05) is 35.5 Å². The molecule has 3 rings (SSSR count). The summed E-state index contributed by atoms with van der Waals surface area (Å²) in [7, 11) is 0. The van der Waals surface area contributed by atoms with Crippen LogP contribution in [0.25, 0.3) is 0 Å². The predicted molar refractivity (Wildman–Crippen MR) is 90.7 cm³/mol. The maximum atomic E-state index is 12.3. The summed E-state index contributed by atoms with van der Waals surface area (Å²) in [6, 6.07) is 9.94. The molecule has 0 unspecified atom stereocenters. The van der Waals surface area contributed by atoms with Crippen molar-refractivity contribution in [2.45, 2.75) is 26.2 Å². The Balaban J connectivity index is 1.46. The topological polar surface area (TPSA) is 79.5 Å². The third-order valence-electron chi connectivity index (χ3n) is 4.35. The Kier molecular flexibility index (Phi) is 5.42. The van der Waals surface area contributed by atoms with Crippen LogP contribution in [0.1, 0.15) is 30.6 Å². The second-order valence-electron chi connectivity index (χ2n) is 6.15. The van der Waals surface area contributed by atoms with E-state index in [2.05, 4.69) is 10.1 Å². The average molecular weight is 342 g/mol. The molecular weight excluding hydrogens is 320 g/mol. The van der Waals surface area contributed by atoms with Crippen molar-refractivity contribution in [2.75, 3.05) is 26.2 Å². The Morgan fingerprint density at radius 1 is 1.08 bits per heavy atom. The fraction of sp³-hybridized carbons (Fsp3) is 0.444. The smallest absolute Gasteiger partial charge is 0.227 e. The van der Waals surface area contributed by atoms with Crippen LogP contribution in [-0.4, -0.2) is 57.9 Å². The predicted octanol–water partition coefficient (Wildman–Crippen LogP) is 1.28. The van der Waals surface area contributed by atoms with Crippen LogP contribution in [0.4, 0.5) is 0 Å². The Hall–Kier alpha value is -2.70. The standard InChI is InChI=1S/C18H22N4O3/c1-14(23)21-9-11-22(12-10-21)18(24)8-7-17-19-16(20-25-17)13-15-5-3-2-4-6-15/h2-6H,7-13H2,1H3. The van der Waals surface area contributed by atoms with E-state index in [9.17, 15) is 9.59 Å². The molecule has 132 valence electrons. The van der Waals surface area contributed by atoms with Crippen molar-refractivity contribution < 1.29 is 14.1 Å². The zero-order valence-corrected chi connectivity index (χ0v) is 14.4. The van der Waals surface area contributed by atoms with Gasteiger partial charge in [-0.2, -0.15) is 4.98 Å². The summed E-state index contributed by atoms with van der Waals surface area (Å²) in [5.74, 6) is 1.24. The molecule has 1 saturated heterocycles. The van der Waals surface area contributed by atoms with Crippen LogP contribution < -0.4 is 0 Å². The molecule has 2 heterocycles. The second kappa shape index (κ2) is 7.92. The minimum Gasteiger partial charge on any atom is -0.339 e. The summed E-state index contributed by atoms with van der Waals surface area (Å²) in [6.45, 7) is 3.93. The van der Waals surface area contributed by atoms with Crippen LogP contribution in [0.2, 0.25) is 0 Å². The first kappa shape index (κ1) is 17.1. The molecule has 0 spiro atoms. The number of amides is 2. The van der Waals surface area contributed by atoms with Crippen LogP contribution >= 0.6 is 0 Å². The Morgan fingerprint density at radius 2 is 1.76 bits per heavy atom. The van der Waals surface area contributed by atoms with Gasteiger partial charge in [-0.3, -0.25) is 9.59 Å². The monoisotopic (exact) mass is 342 g/mol. The normalized spacial score (nSPS) is 14.6. The number of rotatable bonds is 5. The van der Waals surface area contributed by atoms with Crippen molar-refractivity contribution >= 4 is 11.8 Å². The Bertz CT molecular complexity index is 721. The number of nitrogens with zero attached hydrogens (tertiary/aromatic N) is 4. The molecule has 1 aliphatic heterocycles. The van der Waals surface area contributed by atoms with E-state index in [1.54, 1.807) is 16.7 Å². The third kappa shape index (κ3) is 4.65. The van der Waals surface area contributed by atoms with Gasteiger partial charge in [0.1, 0.15) is 0 Å². The minimum absolute atomic E-state index is 0.0592. The molecule has 0 aliphatic carbocycles. The maximum Gasteiger partial charge on any atom is 0.227 e. The summed E-state index contributed by atoms with van der Waals surface area (Å²) < 4.78 is 5.24. The van der Waals surface area contributed by atoms with E-state index in [1.807, 2.05) is 30.3 Å². The first-order valence-corrected chi connectivity index (χ1v) is 8.50. The second-order valence-corrected chi connectivity index (χ2v) is 6.15. The van der Waals surface area contributed by atoms with Crippen molar-refractivity contribution in [3.05, 3.63) is 47.6 Å². The lowest BCUT2D eigenvalue weighted by Gasteiger charge is -2.34. The highest BCUT2D eigenvalue weighted by atomic mass is 16.5. The molecule has 1 aliphatic rings. The average Bonchev–Trinajstić information content (AvgIpc) is 3.08. The molecule has 1 aromatic heterocycles. The van der Waals surface area contributed by atoms with E-state index >= 15 is 0 Å². The molecular formula is C18H22N4O3. The van der Waals surface area contributed by atoms with Crippen LogP contribution in [0.5, 0.6) is 0 Å². The highest BCUT2D eigenvalue weighted by Crippen LogP contribution is 2.10. The zero-order valence-electron chi connectivity index (χ0n) is 14.4. The Labute approximate surface area is 146 Å². The van der Waals surface area contributed by atoms with Crippen molar-refractivity contribution in [2.24, 2.45) is 0 Å². The molecule has 1 aromatic carbocycles. The largest absolute Gasteiger partial charge is 0.339 e. The van der Waals surface area contributed by atoms with E-state index in [1.165, 1.54) is 0 Å². The van der Waals surface area contributed by atoms with Gasteiger partial charge in [0.15, 0.2) is 5.82 Å². The highest BCUT2D eigenvalue weighted by molar-refractivity contribution is 5.77. The van der Waals surface area contributed by atoms with Crippen LogP contribution in [0.15, 0.2) is 34.9 Å². The molecule has 0 saturated carbocycles. The summed E-state index contributed by atoms with van der Waals surface area (Å²) in [4.78, 5) is 31.5. The van der Waals surface area contributed by atoms with E-state index in [-0.39, 0.29) is 11.8 Å². The van der Waals surface area contributed by atoms with Gasteiger partial charge in [-0.25, -0.2) is 0 Å². The number of benzene rings is 1. The van der Waals surface area contributed by atoms with Gasteiger partial charge in [0.2, 0.25) is 17.7 Å². The molecule has 2 aromatic rings. The van der Waals surface area contributed by atoms with Gasteiger partial charge in [0.25, 0.3) is 0 Å². The molecule has 0 bridgehead atoms. The minimum atomic E-state index is 0.0592. The molecule has 0 N–H and O–H groups in total. The molecule has 7 nitrogen and oxygen atoms in total. The van der Waals surface area contributed by atoms with E-state index in [0.717, 1.165) is 5.56 Å². The summed E-state index contributed by atoms with van der Waals surface area (Å²) in [5.41, 5.74) is 1.12. The molecule has 25 heavy (non-hydrogen) atoms. The number of carbonyl (C=O) groups excluding carboxylic acids is 2. The number of carbonyl (C=O) groups is 2. The summed E-state index contributed by atoms with van der Waals surface area (Å²) in [5, 5.41) is 3.98. The van der Waals surface area contributed by atoms with Gasteiger partial charge in [-0.15, -0.1) is 0 Å². The number of hydrogen-bond donors (Lipinski definition) is 0. The molecule has 0 radical (unpaired) electrons. The van der Waals surface area contributed by atoms with Crippen molar-refractivity contribution in [1.82, 2.24) is 19.9 Å². The van der Waals surface area contributed by atoms with Gasteiger partial charge in [0.05, 0.1) is 0 Å². The first-order valence-electron chi connectivity index (χ1n) is 8.50. The van der Waals surface area contributed by atoms with Crippen LogP contribution in [-0.2, 0) is 22.4 Å². The molecule has 0 atom stereocenters. The quantitative estimate of drug-likeness (QED) is 0.818. The molecule has 7 heteroatoms. The number of aryl methyl sites for hydroxylation is 1. The van der Waals surface area contributed by atoms with Gasteiger partial charge in [0, 0.05) is 52.4 Å². The van der Waals surface area contributed by atoms with Gasteiger partial charge in [-0.05, 0) is 5.56 Å². The SMILES string of the molecule is CC(=O)N1CCN(C(=O)CCc2nc(Cc3ccccc3)no2)CC1. The van der Waals surface area contributed by atoms with E-state index in [4.69, 9.17) is 4.52 Å². The zero-order chi connectivity index (χ0) is 17.6. The lowest BCUT2D eigenvalue weighted by Crippen LogP contribution is -2.50.